The van der Waals surface area contributed by atoms with Gasteiger partial charge in [-0.15, -0.1) is 0 Å². The molecule has 0 fully saturated rings. The molecule has 0 atom stereocenters. The van der Waals surface area contributed by atoms with Gasteiger partial charge in [-0.1, -0.05) is 152 Å². The van der Waals surface area contributed by atoms with Gasteiger partial charge in [0.1, 0.15) is 11.6 Å². The third-order valence-corrected chi connectivity index (χ3v) is 12.8. The fourth-order valence-electron chi connectivity index (χ4n) is 9.73. The number of hydrogen-bond acceptors (Lipinski definition) is 3. The van der Waals surface area contributed by atoms with Crippen molar-refractivity contribution in [1.82, 2.24) is 19.1 Å². The second-order valence-electron chi connectivity index (χ2n) is 16.8. The molecule has 12 rings (SSSR count). The SMILES string of the molecule is N#Cc1c(-n2c3ccccc3c3ccc(-c4cccc(-c5ccccc5)n4)cc32)cc(-c2ccccc2C(F)(F)F)cc1-n1c2ccccc2c2ccc(-c3cccc(-c4ccccc4)n3)cc21. The average Bonchev–Trinajstić information content (AvgIpc) is 3.90. The first-order chi connectivity index (χ1) is 33.3. The number of nitriles is 1. The summed E-state index contributed by atoms with van der Waals surface area (Å²) in [4.78, 5) is 10.2. The van der Waals surface area contributed by atoms with Gasteiger partial charge in [-0.05, 0) is 77.9 Å². The van der Waals surface area contributed by atoms with Crippen LogP contribution in [0.3, 0.4) is 0 Å². The molecule has 0 bridgehead atoms. The molecular weight excluding hydrogens is 848 g/mol. The molecule has 0 aliphatic rings. The van der Waals surface area contributed by atoms with E-state index in [0.29, 0.717) is 16.9 Å². The van der Waals surface area contributed by atoms with Crippen LogP contribution in [0.15, 0.2) is 218 Å². The Morgan fingerprint density at radius 3 is 1.25 bits per heavy atom. The highest BCUT2D eigenvalue weighted by Crippen LogP contribution is 2.44. The summed E-state index contributed by atoms with van der Waals surface area (Å²) in [5.41, 5.74) is 10.6. The Kier molecular flexibility index (Phi) is 9.59. The maximum Gasteiger partial charge on any atom is 0.417 e. The van der Waals surface area contributed by atoms with Crippen molar-refractivity contribution in [3.05, 3.63) is 230 Å². The van der Waals surface area contributed by atoms with Crippen LogP contribution in [0.25, 0.3) is 111 Å². The van der Waals surface area contributed by atoms with Crippen molar-refractivity contribution in [2.45, 2.75) is 6.18 Å². The molecule has 0 aliphatic carbocycles. The van der Waals surface area contributed by atoms with Gasteiger partial charge in [0, 0.05) is 43.8 Å². The number of benzene rings is 8. The molecule has 0 N–H and O–H groups in total. The highest BCUT2D eigenvalue weighted by molar-refractivity contribution is 6.12. The van der Waals surface area contributed by atoms with Gasteiger partial charge in [0.25, 0.3) is 0 Å². The first kappa shape index (κ1) is 40.4. The van der Waals surface area contributed by atoms with E-state index in [9.17, 15) is 5.26 Å². The average molecular weight is 884 g/mol. The summed E-state index contributed by atoms with van der Waals surface area (Å²) in [5.74, 6) is 0. The lowest BCUT2D eigenvalue weighted by atomic mass is 9.96. The number of halogens is 3. The van der Waals surface area contributed by atoms with Crippen molar-refractivity contribution in [1.29, 1.82) is 5.26 Å². The van der Waals surface area contributed by atoms with Gasteiger partial charge < -0.3 is 9.13 Å². The summed E-state index contributed by atoms with van der Waals surface area (Å²) < 4.78 is 49.3. The predicted octanol–water partition coefficient (Wildman–Crippen LogP) is 15.9. The summed E-state index contributed by atoms with van der Waals surface area (Å²) in [6.45, 7) is 0. The standard InChI is InChI=1S/C60H36F3N5/c61-60(62,63)49-22-10-7-19-43(49)42-35-58(67-54-27-11-8-20-44(54)46-31-29-40(33-56(46)67)52-25-13-23-50(65-52)38-15-3-1-4-16-38)48(37-64)59(36-42)68-55-28-12-9-21-45(55)47-32-30-41(34-57(47)68)53-26-14-24-51(66-53)39-17-5-2-6-18-39/h1-36H. The number of pyridine rings is 2. The zero-order valence-corrected chi connectivity index (χ0v) is 36.2. The van der Waals surface area contributed by atoms with Crippen molar-refractivity contribution in [2.24, 2.45) is 0 Å². The van der Waals surface area contributed by atoms with E-state index in [4.69, 9.17) is 9.97 Å². The quantitative estimate of drug-likeness (QED) is 0.160. The van der Waals surface area contributed by atoms with Crippen LogP contribution in [0, 0.1) is 11.3 Å². The van der Waals surface area contributed by atoms with Crippen LogP contribution in [-0.2, 0) is 6.18 Å². The monoisotopic (exact) mass is 883 g/mol. The number of para-hydroxylation sites is 2. The minimum atomic E-state index is -4.66. The fraction of sp³-hybridized carbons (Fsp3) is 0.0167. The van der Waals surface area contributed by atoms with E-state index in [1.165, 1.54) is 12.1 Å². The van der Waals surface area contributed by atoms with Gasteiger partial charge in [0.2, 0.25) is 0 Å². The van der Waals surface area contributed by atoms with Gasteiger partial charge in [-0.3, -0.25) is 0 Å². The molecule has 5 nitrogen and oxygen atoms in total. The first-order valence-corrected chi connectivity index (χ1v) is 22.2. The van der Waals surface area contributed by atoms with Crippen LogP contribution in [0.2, 0.25) is 0 Å². The molecule has 0 unspecified atom stereocenters. The van der Waals surface area contributed by atoms with Crippen LogP contribution in [0.1, 0.15) is 11.1 Å². The predicted molar refractivity (Wildman–Crippen MR) is 268 cm³/mol. The third-order valence-electron chi connectivity index (χ3n) is 12.8. The first-order valence-electron chi connectivity index (χ1n) is 22.2. The van der Waals surface area contributed by atoms with E-state index in [1.54, 1.807) is 18.2 Å². The lowest BCUT2D eigenvalue weighted by molar-refractivity contribution is -0.137. The molecule has 0 saturated carbocycles. The molecule has 322 valence electrons. The molecular formula is C60H36F3N5. The molecule has 0 saturated heterocycles. The Balaban J connectivity index is 1.15. The number of hydrogen-bond donors (Lipinski definition) is 0. The Morgan fingerprint density at radius 1 is 0.368 bits per heavy atom. The summed E-state index contributed by atoms with van der Waals surface area (Å²) in [6, 6.07) is 71.7. The molecule has 8 aromatic carbocycles. The van der Waals surface area contributed by atoms with E-state index in [2.05, 4.69) is 30.3 Å². The van der Waals surface area contributed by atoms with E-state index >= 15 is 13.2 Å². The fourth-order valence-corrected chi connectivity index (χ4v) is 9.73. The third kappa shape index (κ3) is 6.79. The Morgan fingerprint density at radius 2 is 0.779 bits per heavy atom. The minimum Gasteiger partial charge on any atom is -0.308 e. The molecule has 0 spiro atoms. The molecule has 12 aromatic rings. The molecule has 68 heavy (non-hydrogen) atoms. The topological polar surface area (TPSA) is 59.4 Å². The molecule has 0 radical (unpaired) electrons. The largest absolute Gasteiger partial charge is 0.417 e. The molecule has 0 amide bonds. The Hall–Kier alpha value is -9.06. The van der Waals surface area contributed by atoms with E-state index in [1.807, 2.05) is 167 Å². The summed E-state index contributed by atoms with van der Waals surface area (Å²) >= 11 is 0. The maximum atomic E-state index is 15.1. The molecule has 8 heteroatoms. The van der Waals surface area contributed by atoms with E-state index in [0.717, 1.165) is 94.7 Å². The van der Waals surface area contributed by atoms with Crippen molar-refractivity contribution >= 4 is 43.6 Å². The highest BCUT2D eigenvalue weighted by Gasteiger charge is 2.34. The second-order valence-corrected chi connectivity index (χ2v) is 16.8. The maximum absolute atomic E-state index is 15.1. The number of rotatable bonds is 7. The summed E-state index contributed by atoms with van der Waals surface area (Å²) in [6.07, 6.45) is -4.66. The van der Waals surface area contributed by atoms with Crippen LogP contribution < -0.4 is 0 Å². The number of nitrogens with zero attached hydrogens (tertiary/aromatic N) is 5. The van der Waals surface area contributed by atoms with Gasteiger partial charge in [0.15, 0.2) is 0 Å². The summed E-state index contributed by atoms with van der Waals surface area (Å²) in [5, 5.41) is 15.3. The number of aromatic nitrogens is 4. The van der Waals surface area contributed by atoms with Gasteiger partial charge in [-0.2, -0.15) is 18.4 Å². The van der Waals surface area contributed by atoms with Crippen LogP contribution >= 0.6 is 0 Å². The second kappa shape index (κ2) is 16.1. The normalized spacial score (nSPS) is 11.7. The Bertz CT molecular complexity index is 3750. The molecule has 4 aromatic heterocycles. The molecule has 0 aliphatic heterocycles. The van der Waals surface area contributed by atoms with Crippen molar-refractivity contribution in [2.75, 3.05) is 0 Å². The van der Waals surface area contributed by atoms with Gasteiger partial charge in [0.05, 0.1) is 61.8 Å². The van der Waals surface area contributed by atoms with Gasteiger partial charge >= 0.3 is 6.18 Å². The highest BCUT2D eigenvalue weighted by atomic mass is 19.4. The van der Waals surface area contributed by atoms with E-state index in [-0.39, 0.29) is 11.1 Å². The van der Waals surface area contributed by atoms with Crippen molar-refractivity contribution in [3.63, 3.8) is 0 Å². The summed E-state index contributed by atoms with van der Waals surface area (Å²) in [7, 11) is 0. The number of fused-ring (bicyclic) bond motifs is 6. The number of alkyl halides is 3. The molecule has 4 heterocycles. The smallest absolute Gasteiger partial charge is 0.308 e. The lowest BCUT2D eigenvalue weighted by Gasteiger charge is -2.20. The zero-order chi connectivity index (χ0) is 45.9. The van der Waals surface area contributed by atoms with Crippen LogP contribution in [-0.4, -0.2) is 19.1 Å². The van der Waals surface area contributed by atoms with Crippen LogP contribution in [0.4, 0.5) is 13.2 Å². The van der Waals surface area contributed by atoms with Crippen molar-refractivity contribution in [3.8, 4) is 73.6 Å². The Labute approximate surface area is 388 Å². The van der Waals surface area contributed by atoms with Crippen molar-refractivity contribution < 1.29 is 13.2 Å². The van der Waals surface area contributed by atoms with E-state index < -0.39 is 11.7 Å². The van der Waals surface area contributed by atoms with Crippen LogP contribution in [0.5, 0.6) is 0 Å². The zero-order valence-electron chi connectivity index (χ0n) is 36.2. The lowest BCUT2D eigenvalue weighted by Crippen LogP contribution is -2.09. The minimum absolute atomic E-state index is 0.00115. The van der Waals surface area contributed by atoms with Gasteiger partial charge in [-0.25, -0.2) is 9.97 Å².